The van der Waals surface area contributed by atoms with Crippen LogP contribution in [0.25, 0.3) is 11.1 Å². The number of nitrogens with zero attached hydrogens (tertiary/aromatic N) is 3. The molecule has 1 saturated heterocycles. The second-order valence-corrected chi connectivity index (χ2v) is 11.7. The number of likely N-dealkylation sites (N-methyl/N-ethyl adjacent to an activating group) is 1. The highest BCUT2D eigenvalue weighted by molar-refractivity contribution is 7.97. The van der Waals surface area contributed by atoms with Gasteiger partial charge in [-0.05, 0) is 85.3 Å². The summed E-state index contributed by atoms with van der Waals surface area (Å²) in [5.74, 6) is 1.21. The van der Waals surface area contributed by atoms with Crippen LogP contribution >= 0.6 is 11.9 Å². The molecule has 35 heavy (non-hydrogen) atoms. The van der Waals surface area contributed by atoms with E-state index in [4.69, 9.17) is 5.73 Å². The molecule has 0 bridgehead atoms. The molecule has 1 amide bonds. The second kappa shape index (κ2) is 10.3. The number of carbonyl (C=O) groups excluding carboxylic acids is 1. The van der Waals surface area contributed by atoms with Gasteiger partial charge in [0.25, 0.3) is 0 Å². The normalized spacial score (nSPS) is 27.5. The lowest BCUT2D eigenvalue weighted by Gasteiger charge is -2.32. The Morgan fingerprint density at radius 2 is 1.77 bits per heavy atom. The highest BCUT2D eigenvalue weighted by Gasteiger charge is 2.50. The summed E-state index contributed by atoms with van der Waals surface area (Å²) in [7, 11) is 2.17. The highest BCUT2D eigenvalue weighted by atomic mass is 32.2. The number of amides is 1. The summed E-state index contributed by atoms with van der Waals surface area (Å²) < 4.78 is 2.43. The van der Waals surface area contributed by atoms with Crippen molar-refractivity contribution < 1.29 is 4.79 Å². The average molecular weight is 490 g/mol. The third-order valence-electron chi connectivity index (χ3n) is 7.85. The first-order chi connectivity index (χ1) is 16.9. The van der Waals surface area contributed by atoms with Gasteiger partial charge in [0.2, 0.25) is 5.91 Å². The lowest BCUT2D eigenvalue weighted by molar-refractivity contribution is -0.128. The molecule has 4 atom stereocenters. The zero-order valence-electron chi connectivity index (χ0n) is 20.5. The topological polar surface area (TPSA) is 85.4 Å². The Bertz CT molecular complexity index is 1070. The number of fused-ring (bicyclic) bond motifs is 1. The number of nitrogens with one attached hydrogen (secondary N) is 1. The molecular formula is C28H35N5OS. The van der Waals surface area contributed by atoms with Gasteiger partial charge >= 0.3 is 0 Å². The first kappa shape index (κ1) is 24.3. The van der Waals surface area contributed by atoms with Gasteiger partial charge in [-0.25, -0.2) is 4.31 Å². The van der Waals surface area contributed by atoms with Crippen LogP contribution in [-0.2, 0) is 11.2 Å². The van der Waals surface area contributed by atoms with E-state index in [1.807, 2.05) is 24.1 Å². The Hall–Kier alpha value is -2.37. The average Bonchev–Trinajstić information content (AvgIpc) is 3.64. The Balaban J connectivity index is 1.15. The van der Waals surface area contributed by atoms with Crippen molar-refractivity contribution in [3.8, 4) is 17.2 Å². The lowest BCUT2D eigenvalue weighted by Crippen LogP contribution is -2.57. The van der Waals surface area contributed by atoms with Gasteiger partial charge in [0.15, 0.2) is 0 Å². The molecule has 1 aliphatic heterocycles. The van der Waals surface area contributed by atoms with Crippen LogP contribution in [0.15, 0.2) is 53.4 Å². The van der Waals surface area contributed by atoms with Crippen LogP contribution in [0.5, 0.6) is 0 Å². The quantitative estimate of drug-likeness (QED) is 0.577. The van der Waals surface area contributed by atoms with Gasteiger partial charge in [-0.1, -0.05) is 36.4 Å². The van der Waals surface area contributed by atoms with Crippen molar-refractivity contribution in [3.63, 3.8) is 0 Å². The fourth-order valence-corrected chi connectivity index (χ4v) is 6.27. The van der Waals surface area contributed by atoms with Crippen LogP contribution in [0, 0.1) is 23.2 Å². The molecule has 4 unspecified atom stereocenters. The van der Waals surface area contributed by atoms with Gasteiger partial charge < -0.3 is 16.0 Å². The van der Waals surface area contributed by atoms with Gasteiger partial charge in [0.1, 0.15) is 6.04 Å². The standard InChI is InChI=1S/C28H35N5OS/c1-32-12-14-33(15-13-32)35-26-8-6-22(7-9-26)21-4-2-20(3-5-21)16-25(19-29)31-27(34)28(30)11-10-23-17-24(23)18-28/h2-9,23-25H,10-18,30H2,1H3,(H,31,34). The van der Waals surface area contributed by atoms with Gasteiger partial charge in [-0.15, -0.1) is 0 Å². The molecule has 2 aliphatic carbocycles. The van der Waals surface area contributed by atoms with Crippen LogP contribution in [0.3, 0.4) is 0 Å². The molecule has 3 aliphatic rings. The first-order valence-corrected chi connectivity index (χ1v) is 13.5. The number of rotatable bonds is 7. The van der Waals surface area contributed by atoms with E-state index in [0.717, 1.165) is 62.5 Å². The minimum atomic E-state index is -0.814. The smallest absolute Gasteiger partial charge is 0.241 e. The van der Waals surface area contributed by atoms with E-state index in [9.17, 15) is 10.1 Å². The van der Waals surface area contributed by atoms with E-state index >= 15 is 0 Å². The molecule has 2 aromatic rings. The molecule has 184 valence electrons. The Morgan fingerprint density at radius 3 is 2.40 bits per heavy atom. The monoisotopic (exact) mass is 489 g/mol. The maximum absolute atomic E-state index is 12.9. The van der Waals surface area contributed by atoms with Gasteiger partial charge in [-0.2, -0.15) is 5.26 Å². The summed E-state index contributed by atoms with van der Waals surface area (Å²) in [4.78, 5) is 16.5. The van der Waals surface area contributed by atoms with E-state index in [1.54, 1.807) is 0 Å². The predicted octanol–water partition coefficient (Wildman–Crippen LogP) is 3.68. The summed E-state index contributed by atoms with van der Waals surface area (Å²) in [6.45, 7) is 4.40. The summed E-state index contributed by atoms with van der Waals surface area (Å²) in [6, 6.07) is 18.7. The summed E-state index contributed by atoms with van der Waals surface area (Å²) in [6.07, 6.45) is 4.19. The van der Waals surface area contributed by atoms with Crippen molar-refractivity contribution >= 4 is 17.9 Å². The number of hydrogen-bond acceptors (Lipinski definition) is 6. The van der Waals surface area contributed by atoms with Crippen LogP contribution in [0.1, 0.15) is 31.2 Å². The summed E-state index contributed by atoms with van der Waals surface area (Å²) in [5, 5.41) is 12.6. The van der Waals surface area contributed by atoms with Gasteiger partial charge in [0, 0.05) is 37.5 Å². The minimum absolute atomic E-state index is 0.166. The molecule has 5 rings (SSSR count). The zero-order chi connectivity index (χ0) is 24.4. The predicted molar refractivity (Wildman–Crippen MR) is 140 cm³/mol. The zero-order valence-corrected chi connectivity index (χ0v) is 21.3. The first-order valence-electron chi connectivity index (χ1n) is 12.7. The third kappa shape index (κ3) is 5.90. The van der Waals surface area contributed by atoms with E-state index in [1.165, 1.54) is 16.9 Å². The van der Waals surface area contributed by atoms with Crippen molar-refractivity contribution in [1.29, 1.82) is 5.26 Å². The van der Waals surface area contributed by atoms with E-state index in [0.29, 0.717) is 12.3 Å². The Kier molecular flexibility index (Phi) is 7.17. The van der Waals surface area contributed by atoms with Crippen molar-refractivity contribution in [1.82, 2.24) is 14.5 Å². The van der Waals surface area contributed by atoms with Crippen LogP contribution < -0.4 is 11.1 Å². The Labute approximate surface area is 213 Å². The molecular weight excluding hydrogens is 454 g/mol. The molecule has 1 heterocycles. The lowest BCUT2D eigenvalue weighted by atomic mass is 9.81. The van der Waals surface area contributed by atoms with E-state index in [-0.39, 0.29) is 5.91 Å². The third-order valence-corrected chi connectivity index (χ3v) is 8.95. The number of hydrogen-bond donors (Lipinski definition) is 2. The minimum Gasteiger partial charge on any atom is -0.338 e. The van der Waals surface area contributed by atoms with Crippen LogP contribution in [0.4, 0.5) is 0 Å². The summed E-state index contributed by atoms with van der Waals surface area (Å²) in [5.41, 5.74) is 8.97. The number of piperazine rings is 1. The van der Waals surface area contributed by atoms with Crippen LogP contribution in [-0.4, -0.2) is 59.9 Å². The molecule has 0 aromatic heterocycles. The molecule has 3 N–H and O–H groups in total. The highest BCUT2D eigenvalue weighted by Crippen LogP contribution is 2.52. The Morgan fingerprint density at radius 1 is 1.11 bits per heavy atom. The van der Waals surface area contributed by atoms with E-state index < -0.39 is 11.6 Å². The molecule has 0 radical (unpaired) electrons. The molecule has 6 nitrogen and oxygen atoms in total. The SMILES string of the molecule is CN1CCN(Sc2ccc(-c3ccc(CC(C#N)NC(=O)C4(N)CCC5CC5C4)cc3)cc2)CC1. The van der Waals surface area contributed by atoms with E-state index in [2.05, 4.69) is 64.0 Å². The van der Waals surface area contributed by atoms with Crippen molar-refractivity contribution in [3.05, 3.63) is 54.1 Å². The molecule has 7 heteroatoms. The molecule has 2 aromatic carbocycles. The molecule has 3 fully saturated rings. The number of nitrogens with two attached hydrogens (primary N) is 1. The fraction of sp³-hybridized carbons (Fsp3) is 0.500. The van der Waals surface area contributed by atoms with Crippen molar-refractivity contribution in [2.45, 2.75) is 48.6 Å². The largest absolute Gasteiger partial charge is 0.338 e. The second-order valence-electron chi connectivity index (χ2n) is 10.6. The maximum Gasteiger partial charge on any atom is 0.241 e. The van der Waals surface area contributed by atoms with Gasteiger partial charge in [0.05, 0.1) is 11.6 Å². The van der Waals surface area contributed by atoms with Crippen LogP contribution in [0.2, 0.25) is 0 Å². The number of benzene rings is 2. The van der Waals surface area contributed by atoms with Crippen molar-refractivity contribution in [2.24, 2.45) is 17.6 Å². The fourth-order valence-electron chi connectivity index (χ4n) is 5.37. The maximum atomic E-state index is 12.9. The van der Waals surface area contributed by atoms with Crippen molar-refractivity contribution in [2.75, 3.05) is 33.2 Å². The molecule has 2 saturated carbocycles. The molecule has 0 spiro atoms. The summed E-state index contributed by atoms with van der Waals surface area (Å²) >= 11 is 1.83. The number of nitriles is 1. The van der Waals surface area contributed by atoms with Gasteiger partial charge in [-0.3, -0.25) is 4.79 Å². The number of carbonyl (C=O) groups is 1.